The Hall–Kier alpha value is -4.06. The Morgan fingerprint density at radius 2 is 1.42 bits per heavy atom. The number of hydrogen-bond donors (Lipinski definition) is 0. The average molecular weight is 420 g/mol. The lowest BCUT2D eigenvalue weighted by Gasteiger charge is -2.10. The lowest BCUT2D eigenvalue weighted by atomic mass is 9.98. The van der Waals surface area contributed by atoms with Gasteiger partial charge >= 0.3 is 11.9 Å². The van der Waals surface area contributed by atoms with Crippen molar-refractivity contribution in [2.24, 2.45) is 0 Å². The van der Waals surface area contributed by atoms with Crippen molar-refractivity contribution in [2.45, 2.75) is 6.42 Å². The van der Waals surface area contributed by atoms with Crippen molar-refractivity contribution in [1.82, 2.24) is 0 Å². The van der Waals surface area contributed by atoms with E-state index in [0.29, 0.717) is 23.3 Å². The van der Waals surface area contributed by atoms with E-state index >= 15 is 0 Å². The number of carbonyl (C=O) groups is 2. The first-order chi connectivity index (χ1) is 14.9. The van der Waals surface area contributed by atoms with Gasteiger partial charge in [-0.15, -0.1) is 0 Å². The van der Waals surface area contributed by atoms with E-state index < -0.39 is 23.6 Å². The first kappa shape index (κ1) is 21.6. The SMILES string of the molecule is C=CC(=O)OC1=CCC=C(c2ccc(-c3ccc(OC(=O)C=C)cc3)c(F)c2F)C=C1. The van der Waals surface area contributed by atoms with Gasteiger partial charge in [0.2, 0.25) is 0 Å². The molecule has 0 aromatic heterocycles. The van der Waals surface area contributed by atoms with Crippen molar-refractivity contribution in [2.75, 3.05) is 0 Å². The molecule has 0 fully saturated rings. The molecule has 0 aliphatic heterocycles. The van der Waals surface area contributed by atoms with Gasteiger partial charge in [-0.25, -0.2) is 18.4 Å². The molecule has 0 amide bonds. The maximum atomic E-state index is 14.9. The lowest BCUT2D eigenvalue weighted by Crippen LogP contribution is -2.02. The summed E-state index contributed by atoms with van der Waals surface area (Å²) in [5.74, 6) is -2.66. The minimum Gasteiger partial charge on any atom is -0.424 e. The van der Waals surface area contributed by atoms with Gasteiger partial charge in [-0.1, -0.05) is 49.6 Å². The highest BCUT2D eigenvalue weighted by Gasteiger charge is 2.17. The van der Waals surface area contributed by atoms with Gasteiger partial charge in [0, 0.05) is 23.3 Å². The molecule has 31 heavy (non-hydrogen) atoms. The van der Waals surface area contributed by atoms with E-state index in [4.69, 9.17) is 9.47 Å². The molecule has 0 unspecified atom stereocenters. The first-order valence-electron chi connectivity index (χ1n) is 9.28. The molecule has 0 heterocycles. The zero-order valence-corrected chi connectivity index (χ0v) is 16.4. The van der Waals surface area contributed by atoms with Gasteiger partial charge in [0.15, 0.2) is 11.6 Å². The van der Waals surface area contributed by atoms with Crippen LogP contribution in [0.5, 0.6) is 5.75 Å². The molecule has 0 bridgehead atoms. The number of benzene rings is 2. The predicted molar refractivity (Wildman–Crippen MR) is 114 cm³/mol. The zero-order valence-electron chi connectivity index (χ0n) is 16.4. The summed E-state index contributed by atoms with van der Waals surface area (Å²) in [5, 5.41) is 0. The molecule has 0 N–H and O–H groups in total. The van der Waals surface area contributed by atoms with Gasteiger partial charge in [0.05, 0.1) is 0 Å². The van der Waals surface area contributed by atoms with Crippen molar-refractivity contribution in [1.29, 1.82) is 0 Å². The normalized spacial score (nSPS) is 12.8. The third kappa shape index (κ3) is 5.11. The molecular formula is C25H18F2O4. The fourth-order valence-electron chi connectivity index (χ4n) is 2.90. The second-order valence-corrected chi connectivity index (χ2v) is 6.40. The topological polar surface area (TPSA) is 52.6 Å². The number of hydrogen-bond acceptors (Lipinski definition) is 4. The van der Waals surface area contributed by atoms with Crippen LogP contribution >= 0.6 is 0 Å². The van der Waals surface area contributed by atoms with Gasteiger partial charge in [-0.3, -0.25) is 0 Å². The maximum Gasteiger partial charge on any atom is 0.335 e. The second-order valence-electron chi connectivity index (χ2n) is 6.40. The van der Waals surface area contributed by atoms with Crippen LogP contribution in [0.3, 0.4) is 0 Å². The second kappa shape index (κ2) is 9.63. The third-order valence-electron chi connectivity index (χ3n) is 4.41. The van der Waals surface area contributed by atoms with E-state index in [9.17, 15) is 18.4 Å². The van der Waals surface area contributed by atoms with E-state index in [1.165, 1.54) is 42.5 Å². The Morgan fingerprint density at radius 3 is 2.10 bits per heavy atom. The van der Waals surface area contributed by atoms with Gasteiger partial charge in [0.1, 0.15) is 11.5 Å². The van der Waals surface area contributed by atoms with Gasteiger partial charge in [0.25, 0.3) is 0 Å². The van der Waals surface area contributed by atoms with E-state index in [2.05, 4.69) is 13.2 Å². The molecule has 3 rings (SSSR count). The lowest BCUT2D eigenvalue weighted by molar-refractivity contribution is -0.133. The molecule has 0 atom stereocenters. The standard InChI is InChI=1S/C25H18F2O4/c1-3-22(28)30-18-7-5-6-16(8-11-18)20-14-15-21(25(27)24(20)26)17-9-12-19(13-10-17)31-23(29)4-2/h3-4,6-15H,1-2,5H2. The van der Waals surface area contributed by atoms with E-state index in [1.807, 2.05) is 0 Å². The van der Waals surface area contributed by atoms with Crippen molar-refractivity contribution in [3.8, 4) is 16.9 Å². The number of halogens is 2. The molecule has 0 radical (unpaired) electrons. The molecule has 0 saturated heterocycles. The number of allylic oxidation sites excluding steroid dienone is 5. The fraction of sp³-hybridized carbons (Fsp3) is 0.0400. The quantitative estimate of drug-likeness (QED) is 0.343. The van der Waals surface area contributed by atoms with Crippen molar-refractivity contribution >= 4 is 17.5 Å². The molecule has 1 aliphatic rings. The van der Waals surface area contributed by atoms with Gasteiger partial charge in [-0.2, -0.15) is 0 Å². The van der Waals surface area contributed by atoms with Crippen LogP contribution in [0, 0.1) is 11.6 Å². The Morgan fingerprint density at radius 1 is 0.806 bits per heavy atom. The van der Waals surface area contributed by atoms with Crippen LogP contribution in [0.1, 0.15) is 12.0 Å². The Bertz CT molecular complexity index is 1140. The van der Waals surface area contributed by atoms with Crippen molar-refractivity contribution in [3.05, 3.63) is 109 Å². The highest BCUT2D eigenvalue weighted by Crippen LogP contribution is 2.32. The van der Waals surface area contributed by atoms with Gasteiger partial charge < -0.3 is 9.47 Å². The van der Waals surface area contributed by atoms with Crippen LogP contribution in [0.4, 0.5) is 8.78 Å². The molecule has 0 saturated carbocycles. The average Bonchev–Trinajstić information content (AvgIpc) is 3.01. The molecular weight excluding hydrogens is 402 g/mol. The number of carbonyl (C=O) groups excluding carboxylic acids is 2. The number of esters is 2. The monoisotopic (exact) mass is 420 g/mol. The Labute approximate surface area is 178 Å². The molecule has 0 spiro atoms. The van der Waals surface area contributed by atoms with Crippen LogP contribution in [0.25, 0.3) is 16.7 Å². The summed E-state index contributed by atoms with van der Waals surface area (Å²) < 4.78 is 39.8. The molecule has 156 valence electrons. The summed E-state index contributed by atoms with van der Waals surface area (Å²) in [6, 6.07) is 8.98. The predicted octanol–water partition coefficient (Wildman–Crippen LogP) is 5.68. The number of rotatable bonds is 6. The molecule has 6 heteroatoms. The van der Waals surface area contributed by atoms with E-state index in [-0.39, 0.29) is 16.9 Å². The fourth-order valence-corrected chi connectivity index (χ4v) is 2.90. The smallest absolute Gasteiger partial charge is 0.335 e. The molecule has 1 aliphatic carbocycles. The third-order valence-corrected chi connectivity index (χ3v) is 4.41. The largest absolute Gasteiger partial charge is 0.424 e. The van der Waals surface area contributed by atoms with Crippen LogP contribution in [-0.4, -0.2) is 11.9 Å². The summed E-state index contributed by atoms with van der Waals surface area (Å²) in [6.07, 6.45) is 8.84. The molecule has 2 aromatic rings. The molecule has 2 aromatic carbocycles. The van der Waals surface area contributed by atoms with Crippen LogP contribution in [0.15, 0.2) is 91.8 Å². The first-order valence-corrected chi connectivity index (χ1v) is 9.28. The highest BCUT2D eigenvalue weighted by atomic mass is 19.2. The summed E-state index contributed by atoms with van der Waals surface area (Å²) in [4.78, 5) is 22.6. The summed E-state index contributed by atoms with van der Waals surface area (Å²) in [5.41, 5.74) is 1.03. The van der Waals surface area contributed by atoms with Crippen molar-refractivity contribution in [3.63, 3.8) is 0 Å². The van der Waals surface area contributed by atoms with Crippen molar-refractivity contribution < 1.29 is 27.8 Å². The van der Waals surface area contributed by atoms with E-state index in [0.717, 1.165) is 12.2 Å². The maximum absolute atomic E-state index is 14.9. The van der Waals surface area contributed by atoms with Crippen LogP contribution in [0.2, 0.25) is 0 Å². The minimum absolute atomic E-state index is 0.0692. The highest BCUT2D eigenvalue weighted by molar-refractivity contribution is 5.84. The number of ether oxygens (including phenoxy) is 2. The Balaban J connectivity index is 1.84. The van der Waals surface area contributed by atoms with Crippen LogP contribution < -0.4 is 4.74 Å². The summed E-state index contributed by atoms with van der Waals surface area (Å²) in [6.45, 7) is 6.64. The Kier molecular flexibility index (Phi) is 6.72. The summed E-state index contributed by atoms with van der Waals surface area (Å²) in [7, 11) is 0. The zero-order chi connectivity index (χ0) is 22.4. The van der Waals surface area contributed by atoms with E-state index in [1.54, 1.807) is 18.2 Å². The van der Waals surface area contributed by atoms with Crippen LogP contribution in [-0.2, 0) is 14.3 Å². The van der Waals surface area contributed by atoms with Gasteiger partial charge in [-0.05, 0) is 41.8 Å². The summed E-state index contributed by atoms with van der Waals surface area (Å²) >= 11 is 0. The molecule has 4 nitrogen and oxygen atoms in total. The minimum atomic E-state index is -1.00.